The first-order valence-corrected chi connectivity index (χ1v) is 6.96. The summed E-state index contributed by atoms with van der Waals surface area (Å²) in [7, 11) is 1.73. The van der Waals surface area contributed by atoms with Gasteiger partial charge in [0.2, 0.25) is 0 Å². The van der Waals surface area contributed by atoms with Crippen LogP contribution in [-0.2, 0) is 12.8 Å². The van der Waals surface area contributed by atoms with E-state index in [1.165, 1.54) is 24.8 Å². The lowest BCUT2D eigenvalue weighted by atomic mass is 9.87. The van der Waals surface area contributed by atoms with Crippen molar-refractivity contribution in [1.82, 2.24) is 5.32 Å². The minimum atomic E-state index is 0.297. The molecule has 0 saturated carbocycles. The van der Waals surface area contributed by atoms with E-state index in [0.717, 1.165) is 42.7 Å². The zero-order chi connectivity index (χ0) is 12.5. The van der Waals surface area contributed by atoms with Gasteiger partial charge in [-0.1, -0.05) is 0 Å². The third kappa shape index (κ3) is 1.87. The summed E-state index contributed by atoms with van der Waals surface area (Å²) in [5.74, 6) is 1.48. The van der Waals surface area contributed by atoms with Crippen molar-refractivity contribution in [3.63, 3.8) is 0 Å². The molecule has 1 aliphatic heterocycles. The number of ether oxygens (including phenoxy) is 1. The van der Waals surface area contributed by atoms with Crippen molar-refractivity contribution in [1.29, 1.82) is 0 Å². The summed E-state index contributed by atoms with van der Waals surface area (Å²) in [6.07, 6.45) is 6.68. The quantitative estimate of drug-likeness (QED) is 0.844. The third-order valence-electron chi connectivity index (χ3n) is 4.27. The Morgan fingerprint density at radius 3 is 2.67 bits per heavy atom. The molecule has 0 aromatic heterocycles. The van der Waals surface area contributed by atoms with Gasteiger partial charge in [0.1, 0.15) is 11.5 Å². The fourth-order valence-corrected chi connectivity index (χ4v) is 3.31. The molecule has 1 unspecified atom stereocenters. The Labute approximate surface area is 108 Å². The summed E-state index contributed by atoms with van der Waals surface area (Å²) >= 11 is 0. The van der Waals surface area contributed by atoms with Gasteiger partial charge in [-0.05, 0) is 51.1 Å². The van der Waals surface area contributed by atoms with Crippen LogP contribution in [0.25, 0.3) is 0 Å². The molecule has 3 nitrogen and oxygen atoms in total. The minimum Gasteiger partial charge on any atom is -0.507 e. The fraction of sp³-hybridized carbons (Fsp3) is 0.600. The molecular formula is C15H21NO2. The molecule has 3 rings (SSSR count). The highest BCUT2D eigenvalue weighted by atomic mass is 16.5. The fourth-order valence-electron chi connectivity index (χ4n) is 3.31. The molecular weight excluding hydrogens is 226 g/mol. The SMILES string of the molecule is COc1cc(C2CCCN2)c(O)c2c1CCCC2. The Hall–Kier alpha value is -1.22. The highest BCUT2D eigenvalue weighted by Crippen LogP contribution is 2.42. The molecule has 1 aromatic rings. The Balaban J connectivity index is 2.09. The Morgan fingerprint density at radius 2 is 2.00 bits per heavy atom. The van der Waals surface area contributed by atoms with Gasteiger partial charge < -0.3 is 15.2 Å². The van der Waals surface area contributed by atoms with Crippen LogP contribution < -0.4 is 10.1 Å². The molecule has 18 heavy (non-hydrogen) atoms. The zero-order valence-electron chi connectivity index (χ0n) is 11.0. The predicted molar refractivity (Wildman–Crippen MR) is 71.3 cm³/mol. The minimum absolute atomic E-state index is 0.297. The van der Waals surface area contributed by atoms with Crippen LogP contribution in [0.3, 0.4) is 0 Å². The summed E-state index contributed by atoms with van der Waals surface area (Å²) < 4.78 is 5.53. The van der Waals surface area contributed by atoms with Gasteiger partial charge in [-0.3, -0.25) is 0 Å². The topological polar surface area (TPSA) is 41.5 Å². The number of phenolic OH excluding ortho intramolecular Hbond substituents is 1. The number of fused-ring (bicyclic) bond motifs is 1. The van der Waals surface area contributed by atoms with Crippen molar-refractivity contribution in [2.75, 3.05) is 13.7 Å². The number of phenols is 1. The molecule has 0 bridgehead atoms. The first kappa shape index (κ1) is 11.8. The average molecular weight is 247 g/mol. The number of benzene rings is 1. The van der Waals surface area contributed by atoms with Crippen LogP contribution in [0.1, 0.15) is 48.4 Å². The molecule has 1 heterocycles. The maximum absolute atomic E-state index is 10.5. The van der Waals surface area contributed by atoms with E-state index < -0.39 is 0 Å². The van der Waals surface area contributed by atoms with Crippen LogP contribution >= 0.6 is 0 Å². The number of aromatic hydroxyl groups is 1. The number of hydrogen-bond acceptors (Lipinski definition) is 3. The monoisotopic (exact) mass is 247 g/mol. The van der Waals surface area contributed by atoms with E-state index in [-0.39, 0.29) is 0 Å². The molecule has 0 radical (unpaired) electrons. The summed E-state index contributed by atoms with van der Waals surface area (Å²) in [6.45, 7) is 1.05. The van der Waals surface area contributed by atoms with Gasteiger partial charge >= 0.3 is 0 Å². The summed E-state index contributed by atoms with van der Waals surface area (Å²) in [6, 6.07) is 2.34. The van der Waals surface area contributed by atoms with E-state index in [0.29, 0.717) is 11.8 Å². The van der Waals surface area contributed by atoms with Crippen molar-refractivity contribution < 1.29 is 9.84 Å². The molecule has 0 amide bonds. The lowest BCUT2D eigenvalue weighted by Gasteiger charge is -2.24. The summed E-state index contributed by atoms with van der Waals surface area (Å²) in [5, 5.41) is 14.0. The second-order valence-corrected chi connectivity index (χ2v) is 5.33. The molecule has 1 atom stereocenters. The molecule has 3 heteroatoms. The van der Waals surface area contributed by atoms with Crippen molar-refractivity contribution in [3.05, 3.63) is 22.8 Å². The second kappa shape index (κ2) is 4.81. The standard InChI is InChI=1S/C15H21NO2/c1-18-14-9-12(13-7-4-8-16-13)15(17)11-6-3-2-5-10(11)14/h9,13,16-17H,2-8H2,1H3. The molecule has 1 aliphatic carbocycles. The van der Waals surface area contributed by atoms with Gasteiger partial charge in [0.15, 0.2) is 0 Å². The number of rotatable bonds is 2. The lowest BCUT2D eigenvalue weighted by Crippen LogP contribution is -2.15. The van der Waals surface area contributed by atoms with Gasteiger partial charge in [0.25, 0.3) is 0 Å². The first-order chi connectivity index (χ1) is 8.81. The zero-order valence-corrected chi connectivity index (χ0v) is 11.0. The van der Waals surface area contributed by atoms with E-state index in [1.54, 1.807) is 7.11 Å². The van der Waals surface area contributed by atoms with Crippen LogP contribution in [0.4, 0.5) is 0 Å². The number of methoxy groups -OCH3 is 1. The Bertz CT molecular complexity index is 450. The van der Waals surface area contributed by atoms with Crippen molar-refractivity contribution in [2.24, 2.45) is 0 Å². The van der Waals surface area contributed by atoms with Crippen molar-refractivity contribution >= 4 is 0 Å². The predicted octanol–water partition coefficient (Wildman–Crippen LogP) is 2.70. The Morgan fingerprint density at radius 1 is 1.22 bits per heavy atom. The van der Waals surface area contributed by atoms with Crippen molar-refractivity contribution in [2.45, 2.75) is 44.6 Å². The largest absolute Gasteiger partial charge is 0.507 e. The Kier molecular flexibility index (Phi) is 3.16. The molecule has 1 saturated heterocycles. The van der Waals surface area contributed by atoms with E-state index in [9.17, 15) is 5.11 Å². The van der Waals surface area contributed by atoms with Gasteiger partial charge in [-0.15, -0.1) is 0 Å². The van der Waals surface area contributed by atoms with Crippen LogP contribution in [0.2, 0.25) is 0 Å². The maximum atomic E-state index is 10.5. The van der Waals surface area contributed by atoms with Crippen molar-refractivity contribution in [3.8, 4) is 11.5 Å². The van der Waals surface area contributed by atoms with E-state index in [4.69, 9.17) is 4.74 Å². The molecule has 1 aromatic carbocycles. The molecule has 98 valence electrons. The first-order valence-electron chi connectivity index (χ1n) is 6.96. The lowest BCUT2D eigenvalue weighted by molar-refractivity contribution is 0.395. The highest BCUT2D eigenvalue weighted by molar-refractivity contribution is 5.55. The van der Waals surface area contributed by atoms with E-state index in [1.807, 2.05) is 6.07 Å². The van der Waals surface area contributed by atoms with Crippen LogP contribution in [0, 0.1) is 0 Å². The molecule has 2 N–H and O–H groups in total. The van der Waals surface area contributed by atoms with Gasteiger partial charge in [0.05, 0.1) is 7.11 Å². The van der Waals surface area contributed by atoms with E-state index >= 15 is 0 Å². The van der Waals surface area contributed by atoms with Gasteiger partial charge in [0, 0.05) is 22.7 Å². The second-order valence-electron chi connectivity index (χ2n) is 5.33. The smallest absolute Gasteiger partial charge is 0.124 e. The summed E-state index contributed by atoms with van der Waals surface area (Å²) in [4.78, 5) is 0. The summed E-state index contributed by atoms with van der Waals surface area (Å²) in [5.41, 5.74) is 3.39. The molecule has 0 spiro atoms. The third-order valence-corrected chi connectivity index (χ3v) is 4.27. The highest BCUT2D eigenvalue weighted by Gasteiger charge is 2.26. The van der Waals surface area contributed by atoms with E-state index in [2.05, 4.69) is 5.32 Å². The molecule has 2 aliphatic rings. The van der Waals surface area contributed by atoms with Gasteiger partial charge in [-0.2, -0.15) is 0 Å². The number of nitrogens with one attached hydrogen (secondary N) is 1. The van der Waals surface area contributed by atoms with Gasteiger partial charge in [-0.25, -0.2) is 0 Å². The van der Waals surface area contributed by atoms with Crippen LogP contribution in [-0.4, -0.2) is 18.8 Å². The maximum Gasteiger partial charge on any atom is 0.124 e. The number of hydrogen-bond donors (Lipinski definition) is 2. The van der Waals surface area contributed by atoms with Crippen LogP contribution in [0.15, 0.2) is 6.07 Å². The molecule has 1 fully saturated rings. The normalized spacial score (nSPS) is 22.8. The van der Waals surface area contributed by atoms with Crippen LogP contribution in [0.5, 0.6) is 11.5 Å². The average Bonchev–Trinajstić information content (AvgIpc) is 2.93.